The molecule has 0 fully saturated rings. The van der Waals surface area contributed by atoms with Crippen molar-refractivity contribution in [3.8, 4) is 11.8 Å². The Hall–Kier alpha value is -2.12. The first-order chi connectivity index (χ1) is 12.0. The summed E-state index contributed by atoms with van der Waals surface area (Å²) in [6, 6.07) is 0. The number of rotatable bonds is 5. The first-order valence-electron chi connectivity index (χ1n) is 9.04. The van der Waals surface area contributed by atoms with Crippen LogP contribution in [0.4, 0.5) is 0 Å². The van der Waals surface area contributed by atoms with Gasteiger partial charge in [0.1, 0.15) is 5.60 Å². The molecule has 0 spiro atoms. The zero-order valence-electron chi connectivity index (χ0n) is 16.6. The minimum Gasteiger partial charge on any atom is -0.478 e. The van der Waals surface area contributed by atoms with Gasteiger partial charge in [-0.2, -0.15) is 0 Å². The molecule has 4 heteroatoms. The number of carbonyl (C=O) groups excluding carboxylic acids is 1. The van der Waals surface area contributed by atoms with Gasteiger partial charge in [-0.3, -0.25) is 4.79 Å². The third-order valence-electron chi connectivity index (χ3n) is 5.09. The van der Waals surface area contributed by atoms with Crippen molar-refractivity contribution in [2.24, 2.45) is 11.3 Å². The highest BCUT2D eigenvalue weighted by molar-refractivity contribution is 6.02. The van der Waals surface area contributed by atoms with E-state index in [0.29, 0.717) is 30.4 Å². The maximum Gasteiger partial charge on any atom is 0.328 e. The lowest BCUT2D eigenvalue weighted by Crippen LogP contribution is -2.33. The Morgan fingerprint density at radius 1 is 1.35 bits per heavy atom. The van der Waals surface area contributed by atoms with E-state index in [2.05, 4.69) is 11.8 Å². The zero-order chi connectivity index (χ0) is 20.1. The van der Waals surface area contributed by atoms with Crippen molar-refractivity contribution in [1.82, 2.24) is 0 Å². The number of carboxylic acid groups (broad SMARTS) is 1. The summed E-state index contributed by atoms with van der Waals surface area (Å²) in [7, 11) is 0. The van der Waals surface area contributed by atoms with Gasteiger partial charge in [0.15, 0.2) is 5.78 Å². The van der Waals surface area contributed by atoms with Crippen LogP contribution in [0.3, 0.4) is 0 Å². The molecule has 26 heavy (non-hydrogen) atoms. The molecule has 4 nitrogen and oxygen atoms in total. The average Bonchev–Trinajstić information content (AvgIpc) is 2.52. The van der Waals surface area contributed by atoms with Crippen LogP contribution in [0.25, 0.3) is 0 Å². The molecular weight excluding hydrogens is 328 g/mol. The van der Waals surface area contributed by atoms with Crippen molar-refractivity contribution in [3.05, 3.63) is 34.9 Å². The van der Waals surface area contributed by atoms with Gasteiger partial charge in [-0.25, -0.2) is 4.79 Å². The summed E-state index contributed by atoms with van der Waals surface area (Å²) in [5.41, 5.74) is 0.619. The minimum atomic E-state index is -1.08. The van der Waals surface area contributed by atoms with Crippen LogP contribution in [-0.4, -0.2) is 27.6 Å². The van der Waals surface area contributed by atoms with Crippen LogP contribution in [0.1, 0.15) is 60.8 Å². The predicted molar refractivity (Wildman–Crippen MR) is 103 cm³/mol. The van der Waals surface area contributed by atoms with E-state index in [1.54, 1.807) is 13.0 Å². The Balaban J connectivity index is 3.34. The molecule has 1 aliphatic carbocycles. The number of Topliss-reactive ketones (excluding diaryl/α,β-unsaturated/α-hetero) is 1. The number of aliphatic hydroxyl groups is 1. The molecule has 1 aliphatic rings. The highest BCUT2D eigenvalue weighted by atomic mass is 16.4. The van der Waals surface area contributed by atoms with Crippen molar-refractivity contribution in [3.63, 3.8) is 0 Å². The number of ketones is 1. The number of aliphatic carboxylic acids is 1. The lowest BCUT2D eigenvalue weighted by Gasteiger charge is -2.37. The molecular formula is C22H30O4. The predicted octanol–water partition coefficient (Wildman–Crippen LogP) is 4.06. The van der Waals surface area contributed by atoms with Crippen LogP contribution < -0.4 is 0 Å². The van der Waals surface area contributed by atoms with Gasteiger partial charge in [0.2, 0.25) is 0 Å². The smallest absolute Gasteiger partial charge is 0.328 e. The number of hydrogen-bond acceptors (Lipinski definition) is 3. The zero-order valence-corrected chi connectivity index (χ0v) is 16.6. The van der Waals surface area contributed by atoms with Gasteiger partial charge in [0.05, 0.1) is 5.57 Å². The number of carbonyl (C=O) groups is 2. The molecule has 0 amide bonds. The van der Waals surface area contributed by atoms with Crippen molar-refractivity contribution in [2.75, 3.05) is 0 Å². The average molecular weight is 358 g/mol. The fourth-order valence-electron chi connectivity index (χ4n) is 3.24. The first-order valence-corrected chi connectivity index (χ1v) is 9.04. The van der Waals surface area contributed by atoms with Gasteiger partial charge >= 0.3 is 5.97 Å². The second-order valence-corrected chi connectivity index (χ2v) is 7.70. The van der Waals surface area contributed by atoms with Crippen molar-refractivity contribution >= 4 is 11.8 Å². The van der Waals surface area contributed by atoms with Gasteiger partial charge in [-0.15, -0.1) is 0 Å². The molecule has 1 rings (SSSR count). The maximum atomic E-state index is 12.6. The Morgan fingerprint density at radius 2 is 1.92 bits per heavy atom. The van der Waals surface area contributed by atoms with Crippen LogP contribution in [0.15, 0.2) is 34.9 Å². The van der Waals surface area contributed by atoms with Gasteiger partial charge in [-0.1, -0.05) is 51.7 Å². The standard InChI is InChI=1S/C22H30O4/c1-7-22(26,8-2)12-11-17-16(4)18(21(5,6)14-19(17)23)10-9-15(3)13-20(24)25/h9-10,13,18,26H,7-8,14H2,1-6H3,(H,24,25)/b10-9+,15-13-. The Labute approximate surface area is 156 Å². The number of allylic oxidation sites excluding steroid dienone is 5. The van der Waals surface area contributed by atoms with Gasteiger partial charge in [0.25, 0.3) is 0 Å². The Bertz CT molecular complexity index is 719. The van der Waals surface area contributed by atoms with E-state index in [9.17, 15) is 14.7 Å². The molecule has 0 radical (unpaired) electrons. The van der Waals surface area contributed by atoms with E-state index in [0.717, 1.165) is 11.6 Å². The van der Waals surface area contributed by atoms with E-state index >= 15 is 0 Å². The van der Waals surface area contributed by atoms with E-state index in [1.165, 1.54) is 0 Å². The third-order valence-corrected chi connectivity index (χ3v) is 5.09. The molecule has 2 N–H and O–H groups in total. The highest BCUT2D eigenvalue weighted by Gasteiger charge is 2.38. The first kappa shape index (κ1) is 21.9. The summed E-state index contributed by atoms with van der Waals surface area (Å²) in [4.78, 5) is 23.4. The van der Waals surface area contributed by atoms with Crippen molar-refractivity contribution in [2.45, 2.75) is 66.4 Å². The van der Waals surface area contributed by atoms with Crippen LogP contribution in [0.2, 0.25) is 0 Å². The molecule has 0 aromatic carbocycles. The molecule has 1 atom stereocenters. The van der Waals surface area contributed by atoms with Crippen molar-refractivity contribution < 1.29 is 19.8 Å². The normalized spacial score (nSPS) is 21.0. The summed E-state index contributed by atoms with van der Waals surface area (Å²) in [5.74, 6) is 4.80. The van der Waals surface area contributed by atoms with Gasteiger partial charge in [-0.05, 0) is 43.3 Å². The summed E-state index contributed by atoms with van der Waals surface area (Å²) < 4.78 is 0. The van der Waals surface area contributed by atoms with Gasteiger partial charge in [0, 0.05) is 18.4 Å². The second-order valence-electron chi connectivity index (χ2n) is 7.70. The molecule has 0 heterocycles. The van der Waals surface area contributed by atoms with Crippen LogP contribution in [0.5, 0.6) is 0 Å². The summed E-state index contributed by atoms with van der Waals surface area (Å²) in [6.07, 6.45) is 6.25. The van der Waals surface area contributed by atoms with Crippen LogP contribution in [-0.2, 0) is 9.59 Å². The highest BCUT2D eigenvalue weighted by Crippen LogP contribution is 2.43. The summed E-state index contributed by atoms with van der Waals surface area (Å²) in [5, 5.41) is 19.2. The molecule has 0 aromatic heterocycles. The third kappa shape index (κ3) is 5.44. The number of carboxylic acids is 1. The van der Waals surface area contributed by atoms with Crippen LogP contribution in [0, 0.1) is 23.2 Å². The lowest BCUT2D eigenvalue weighted by atomic mass is 9.66. The van der Waals surface area contributed by atoms with Gasteiger partial charge < -0.3 is 10.2 Å². The van der Waals surface area contributed by atoms with E-state index in [-0.39, 0.29) is 17.1 Å². The van der Waals surface area contributed by atoms with E-state index in [1.807, 2.05) is 40.7 Å². The molecule has 0 bridgehead atoms. The summed E-state index contributed by atoms with van der Waals surface area (Å²) >= 11 is 0. The quantitative estimate of drug-likeness (QED) is 0.441. The SMILES string of the molecule is CCC(O)(C#CC1=C(C)C(/C=C/C(C)=C\C(=O)O)C(C)(C)CC1=O)CC. The van der Waals surface area contributed by atoms with Crippen molar-refractivity contribution in [1.29, 1.82) is 0 Å². The maximum absolute atomic E-state index is 12.6. The molecule has 0 aliphatic heterocycles. The lowest BCUT2D eigenvalue weighted by molar-refractivity contribution is -0.131. The molecule has 0 saturated heterocycles. The van der Waals surface area contributed by atoms with Crippen LogP contribution >= 0.6 is 0 Å². The topological polar surface area (TPSA) is 74.6 Å². The monoisotopic (exact) mass is 358 g/mol. The summed E-state index contributed by atoms with van der Waals surface area (Å²) in [6.45, 7) is 11.4. The molecule has 1 unspecified atom stereocenters. The molecule has 0 aromatic rings. The number of hydrogen-bond donors (Lipinski definition) is 2. The van der Waals surface area contributed by atoms with E-state index in [4.69, 9.17) is 5.11 Å². The molecule has 142 valence electrons. The molecule has 0 saturated carbocycles. The fraction of sp³-hybridized carbons (Fsp3) is 0.545. The second kappa shape index (κ2) is 8.51. The largest absolute Gasteiger partial charge is 0.478 e. The Kier molecular flexibility index (Phi) is 7.17. The minimum absolute atomic E-state index is 0.00277. The fourth-order valence-corrected chi connectivity index (χ4v) is 3.24. The van der Waals surface area contributed by atoms with E-state index < -0.39 is 11.6 Å². The Morgan fingerprint density at radius 3 is 2.42 bits per heavy atom.